The van der Waals surface area contributed by atoms with Crippen molar-refractivity contribution in [2.75, 3.05) is 32.7 Å². The van der Waals surface area contributed by atoms with E-state index in [4.69, 9.17) is 5.26 Å². The van der Waals surface area contributed by atoms with E-state index in [1.807, 2.05) is 24.3 Å². The van der Waals surface area contributed by atoms with Gasteiger partial charge < -0.3 is 4.90 Å². The quantitative estimate of drug-likeness (QED) is 0.824. The zero-order valence-electron chi connectivity index (χ0n) is 14.0. The van der Waals surface area contributed by atoms with E-state index in [0.717, 1.165) is 26.1 Å². The van der Waals surface area contributed by atoms with E-state index in [-0.39, 0.29) is 4.90 Å². The second-order valence-corrected chi connectivity index (χ2v) is 8.06. The van der Waals surface area contributed by atoms with Gasteiger partial charge in [-0.2, -0.15) is 9.57 Å². The minimum Gasteiger partial charge on any atom is -0.300 e. The van der Waals surface area contributed by atoms with E-state index >= 15 is 0 Å². The minimum absolute atomic E-state index is 0.198. The summed E-state index contributed by atoms with van der Waals surface area (Å²) in [6.45, 7) is 3.34. The molecule has 0 aliphatic carbocycles. The molecule has 130 valence electrons. The highest BCUT2D eigenvalue weighted by atomic mass is 32.2. The van der Waals surface area contributed by atoms with Gasteiger partial charge in [-0.1, -0.05) is 36.4 Å². The van der Waals surface area contributed by atoms with E-state index in [0.29, 0.717) is 18.7 Å². The van der Waals surface area contributed by atoms with Crippen LogP contribution in [0.1, 0.15) is 11.1 Å². The third kappa shape index (κ3) is 4.26. The Kier molecular flexibility index (Phi) is 5.49. The highest BCUT2D eigenvalue weighted by Gasteiger charge is 2.28. The van der Waals surface area contributed by atoms with Gasteiger partial charge in [0, 0.05) is 32.7 Å². The van der Waals surface area contributed by atoms with Crippen molar-refractivity contribution >= 4 is 10.0 Å². The summed E-state index contributed by atoms with van der Waals surface area (Å²) in [6.07, 6.45) is 0.970. The number of piperazine rings is 1. The molecule has 0 amide bonds. The Labute approximate surface area is 149 Å². The molecule has 3 rings (SSSR count). The van der Waals surface area contributed by atoms with Gasteiger partial charge in [-0.15, -0.1) is 0 Å². The highest BCUT2D eigenvalue weighted by molar-refractivity contribution is 7.89. The van der Waals surface area contributed by atoms with Crippen LogP contribution in [-0.2, 0) is 16.4 Å². The first-order chi connectivity index (χ1) is 12.1. The van der Waals surface area contributed by atoms with Crippen LogP contribution >= 0.6 is 0 Å². The van der Waals surface area contributed by atoms with Gasteiger partial charge in [0.1, 0.15) is 0 Å². The number of hydrogen-bond donors (Lipinski definition) is 0. The molecular formula is C19H21N3O2S. The summed E-state index contributed by atoms with van der Waals surface area (Å²) in [6, 6.07) is 18.5. The molecule has 0 spiro atoms. The Morgan fingerprint density at radius 3 is 2.36 bits per heavy atom. The van der Waals surface area contributed by atoms with Crippen molar-refractivity contribution in [2.24, 2.45) is 0 Å². The van der Waals surface area contributed by atoms with Crippen LogP contribution in [0.4, 0.5) is 0 Å². The topological polar surface area (TPSA) is 64.4 Å². The fourth-order valence-electron chi connectivity index (χ4n) is 3.00. The van der Waals surface area contributed by atoms with Gasteiger partial charge in [-0.05, 0) is 30.2 Å². The number of sulfonamides is 1. The average Bonchev–Trinajstić information content (AvgIpc) is 2.67. The second-order valence-electron chi connectivity index (χ2n) is 6.12. The Balaban J connectivity index is 1.58. The normalized spacial score (nSPS) is 16.4. The van der Waals surface area contributed by atoms with Crippen molar-refractivity contribution in [3.05, 3.63) is 65.7 Å². The monoisotopic (exact) mass is 355 g/mol. The molecule has 0 unspecified atom stereocenters. The molecule has 1 aliphatic rings. The molecule has 2 aromatic carbocycles. The standard InChI is InChI=1S/C19H21N3O2S/c20-16-18-7-4-8-19(15-18)25(23,24)22-13-11-21(12-14-22)10-9-17-5-2-1-3-6-17/h1-8,15H,9-14H2. The zero-order valence-corrected chi connectivity index (χ0v) is 14.8. The molecule has 1 saturated heterocycles. The van der Waals surface area contributed by atoms with Gasteiger partial charge in [-0.3, -0.25) is 0 Å². The maximum atomic E-state index is 12.7. The summed E-state index contributed by atoms with van der Waals surface area (Å²) in [5.41, 5.74) is 1.66. The number of nitrogens with zero attached hydrogens (tertiary/aromatic N) is 3. The van der Waals surface area contributed by atoms with Crippen molar-refractivity contribution in [1.82, 2.24) is 9.21 Å². The van der Waals surface area contributed by atoms with E-state index in [1.165, 1.54) is 15.9 Å². The summed E-state index contributed by atoms with van der Waals surface area (Å²) in [7, 11) is -3.53. The van der Waals surface area contributed by atoms with E-state index in [1.54, 1.807) is 18.2 Å². The van der Waals surface area contributed by atoms with Crippen molar-refractivity contribution < 1.29 is 8.42 Å². The lowest BCUT2D eigenvalue weighted by Crippen LogP contribution is -2.49. The first kappa shape index (κ1) is 17.6. The van der Waals surface area contributed by atoms with E-state index in [9.17, 15) is 8.42 Å². The van der Waals surface area contributed by atoms with Crippen LogP contribution in [-0.4, -0.2) is 50.3 Å². The van der Waals surface area contributed by atoms with Crippen LogP contribution in [0.5, 0.6) is 0 Å². The van der Waals surface area contributed by atoms with Gasteiger partial charge in [-0.25, -0.2) is 8.42 Å². The Hall–Kier alpha value is -2.20. The van der Waals surface area contributed by atoms with Gasteiger partial charge in [0.05, 0.1) is 16.5 Å². The average molecular weight is 355 g/mol. The molecule has 1 fully saturated rings. The van der Waals surface area contributed by atoms with Crippen LogP contribution in [0.2, 0.25) is 0 Å². The molecule has 0 atom stereocenters. The van der Waals surface area contributed by atoms with Crippen LogP contribution in [0.3, 0.4) is 0 Å². The Morgan fingerprint density at radius 2 is 1.68 bits per heavy atom. The lowest BCUT2D eigenvalue weighted by Gasteiger charge is -2.34. The Bertz CT molecular complexity index is 852. The lowest BCUT2D eigenvalue weighted by molar-refractivity contribution is 0.190. The smallest absolute Gasteiger partial charge is 0.243 e. The molecule has 1 heterocycles. The van der Waals surface area contributed by atoms with Gasteiger partial charge in [0.15, 0.2) is 0 Å². The van der Waals surface area contributed by atoms with E-state index < -0.39 is 10.0 Å². The molecule has 2 aromatic rings. The third-order valence-electron chi connectivity index (χ3n) is 4.49. The zero-order chi connectivity index (χ0) is 17.7. The summed E-state index contributed by atoms with van der Waals surface area (Å²) < 4.78 is 27.0. The van der Waals surface area contributed by atoms with Crippen LogP contribution in [0.15, 0.2) is 59.5 Å². The second kappa shape index (κ2) is 7.79. The fourth-order valence-corrected chi connectivity index (χ4v) is 4.47. The number of nitriles is 1. The molecule has 0 aromatic heterocycles. The van der Waals surface area contributed by atoms with Gasteiger partial charge in [0.2, 0.25) is 10.0 Å². The molecular weight excluding hydrogens is 334 g/mol. The maximum absolute atomic E-state index is 12.7. The first-order valence-corrected chi connectivity index (χ1v) is 9.80. The molecule has 1 aliphatic heterocycles. The third-order valence-corrected chi connectivity index (χ3v) is 6.39. The van der Waals surface area contributed by atoms with Crippen molar-refractivity contribution in [2.45, 2.75) is 11.3 Å². The highest BCUT2D eigenvalue weighted by Crippen LogP contribution is 2.18. The SMILES string of the molecule is N#Cc1cccc(S(=O)(=O)N2CCN(CCc3ccccc3)CC2)c1. The molecule has 25 heavy (non-hydrogen) atoms. The van der Waals surface area contributed by atoms with Gasteiger partial charge >= 0.3 is 0 Å². The van der Waals surface area contributed by atoms with E-state index in [2.05, 4.69) is 17.0 Å². The predicted octanol–water partition coefficient (Wildman–Crippen LogP) is 2.11. The summed E-state index contributed by atoms with van der Waals surface area (Å²) in [4.78, 5) is 2.49. The van der Waals surface area contributed by atoms with Crippen molar-refractivity contribution in [3.63, 3.8) is 0 Å². The van der Waals surface area contributed by atoms with Crippen molar-refractivity contribution in [3.8, 4) is 6.07 Å². The lowest BCUT2D eigenvalue weighted by atomic mass is 10.1. The Morgan fingerprint density at radius 1 is 0.960 bits per heavy atom. The van der Waals surface area contributed by atoms with Gasteiger partial charge in [0.25, 0.3) is 0 Å². The number of benzene rings is 2. The van der Waals surface area contributed by atoms with Crippen LogP contribution < -0.4 is 0 Å². The molecule has 0 bridgehead atoms. The molecule has 6 heteroatoms. The minimum atomic E-state index is -3.53. The molecule has 5 nitrogen and oxygen atoms in total. The number of rotatable bonds is 5. The largest absolute Gasteiger partial charge is 0.300 e. The van der Waals surface area contributed by atoms with Crippen molar-refractivity contribution in [1.29, 1.82) is 5.26 Å². The fraction of sp³-hybridized carbons (Fsp3) is 0.316. The summed E-state index contributed by atoms with van der Waals surface area (Å²) in [5, 5.41) is 8.96. The maximum Gasteiger partial charge on any atom is 0.243 e. The summed E-state index contributed by atoms with van der Waals surface area (Å²) in [5.74, 6) is 0. The molecule has 0 N–H and O–H groups in total. The summed E-state index contributed by atoms with van der Waals surface area (Å²) >= 11 is 0. The van der Waals surface area contributed by atoms with Crippen LogP contribution in [0, 0.1) is 11.3 Å². The molecule has 0 radical (unpaired) electrons. The molecule has 0 saturated carbocycles. The van der Waals surface area contributed by atoms with Crippen LogP contribution in [0.25, 0.3) is 0 Å². The number of hydrogen-bond acceptors (Lipinski definition) is 4. The predicted molar refractivity (Wildman–Crippen MR) is 96.5 cm³/mol. The first-order valence-electron chi connectivity index (χ1n) is 8.36.